The SMILES string of the molecule is CCOc1cccc(CNCC(NC(=O)OC(C)(C)C)C(C)C)c1. The summed E-state index contributed by atoms with van der Waals surface area (Å²) < 4.78 is 10.8. The Morgan fingerprint density at radius 2 is 1.96 bits per heavy atom. The lowest BCUT2D eigenvalue weighted by molar-refractivity contribution is 0.0490. The molecule has 0 saturated heterocycles. The summed E-state index contributed by atoms with van der Waals surface area (Å²) in [5, 5.41) is 6.34. The maximum absolute atomic E-state index is 11.9. The normalized spacial score (nSPS) is 12.8. The monoisotopic (exact) mass is 336 g/mol. The first-order chi connectivity index (χ1) is 11.2. The highest BCUT2D eigenvalue weighted by Crippen LogP contribution is 2.13. The van der Waals surface area contributed by atoms with E-state index in [-0.39, 0.29) is 12.1 Å². The van der Waals surface area contributed by atoms with E-state index in [0.29, 0.717) is 19.1 Å². The number of hydrogen-bond donors (Lipinski definition) is 2. The number of carbonyl (C=O) groups is 1. The molecular formula is C19H32N2O3. The van der Waals surface area contributed by atoms with Crippen molar-refractivity contribution >= 4 is 6.09 Å². The number of amides is 1. The number of ether oxygens (including phenoxy) is 2. The van der Waals surface area contributed by atoms with E-state index in [1.165, 1.54) is 0 Å². The topological polar surface area (TPSA) is 59.6 Å². The van der Waals surface area contributed by atoms with Crippen LogP contribution in [0.1, 0.15) is 47.1 Å². The van der Waals surface area contributed by atoms with E-state index >= 15 is 0 Å². The number of benzene rings is 1. The molecule has 136 valence electrons. The molecule has 1 unspecified atom stereocenters. The van der Waals surface area contributed by atoms with E-state index in [1.807, 2.05) is 45.9 Å². The summed E-state index contributed by atoms with van der Waals surface area (Å²) in [5.74, 6) is 1.18. The minimum absolute atomic E-state index is 0.00919. The van der Waals surface area contributed by atoms with Crippen LogP contribution in [0, 0.1) is 5.92 Å². The molecule has 0 aliphatic carbocycles. The largest absolute Gasteiger partial charge is 0.494 e. The van der Waals surface area contributed by atoms with Crippen molar-refractivity contribution in [3.8, 4) is 5.75 Å². The lowest BCUT2D eigenvalue weighted by Crippen LogP contribution is -2.46. The Kier molecular flexibility index (Phi) is 8.05. The minimum Gasteiger partial charge on any atom is -0.494 e. The minimum atomic E-state index is -0.487. The Morgan fingerprint density at radius 3 is 2.54 bits per heavy atom. The second-order valence-electron chi connectivity index (χ2n) is 7.21. The number of carbonyl (C=O) groups excluding carboxylic acids is 1. The molecule has 5 nitrogen and oxygen atoms in total. The predicted molar refractivity (Wildman–Crippen MR) is 97.3 cm³/mol. The molecule has 1 aromatic rings. The molecule has 0 spiro atoms. The molecule has 0 radical (unpaired) electrons. The van der Waals surface area contributed by atoms with E-state index in [2.05, 4.69) is 30.5 Å². The summed E-state index contributed by atoms with van der Waals surface area (Å²) >= 11 is 0. The fourth-order valence-corrected chi connectivity index (χ4v) is 2.20. The van der Waals surface area contributed by atoms with Gasteiger partial charge in [-0.25, -0.2) is 4.79 Å². The molecule has 1 rings (SSSR count). The van der Waals surface area contributed by atoms with Crippen molar-refractivity contribution in [3.05, 3.63) is 29.8 Å². The molecule has 0 saturated carbocycles. The first-order valence-corrected chi connectivity index (χ1v) is 8.63. The van der Waals surface area contributed by atoms with Gasteiger partial charge in [0, 0.05) is 19.1 Å². The quantitative estimate of drug-likeness (QED) is 0.759. The molecule has 0 heterocycles. The van der Waals surface area contributed by atoms with E-state index in [0.717, 1.165) is 17.9 Å². The van der Waals surface area contributed by atoms with Crippen LogP contribution in [0.2, 0.25) is 0 Å². The summed E-state index contributed by atoms with van der Waals surface area (Å²) in [6.07, 6.45) is -0.374. The van der Waals surface area contributed by atoms with Gasteiger partial charge in [0.25, 0.3) is 0 Å². The summed E-state index contributed by atoms with van der Waals surface area (Å²) in [5.41, 5.74) is 0.666. The predicted octanol–water partition coefficient (Wildman–Crippen LogP) is 3.72. The molecule has 0 aliphatic heterocycles. The van der Waals surface area contributed by atoms with Crippen molar-refractivity contribution in [1.82, 2.24) is 10.6 Å². The van der Waals surface area contributed by atoms with Gasteiger partial charge in [0.05, 0.1) is 6.61 Å². The lowest BCUT2D eigenvalue weighted by atomic mass is 10.0. The van der Waals surface area contributed by atoms with E-state index in [9.17, 15) is 4.79 Å². The third kappa shape index (κ3) is 8.20. The molecule has 1 amide bonds. The summed E-state index contributed by atoms with van der Waals surface area (Å²) in [6, 6.07) is 8.04. The van der Waals surface area contributed by atoms with Gasteiger partial charge in [-0.1, -0.05) is 26.0 Å². The van der Waals surface area contributed by atoms with Gasteiger partial charge in [-0.15, -0.1) is 0 Å². The van der Waals surface area contributed by atoms with Crippen molar-refractivity contribution in [3.63, 3.8) is 0 Å². The third-order valence-electron chi connectivity index (χ3n) is 3.41. The summed E-state index contributed by atoms with van der Waals surface area (Å²) in [4.78, 5) is 11.9. The first-order valence-electron chi connectivity index (χ1n) is 8.63. The molecule has 2 N–H and O–H groups in total. The molecule has 24 heavy (non-hydrogen) atoms. The van der Waals surface area contributed by atoms with Crippen LogP contribution in [0.4, 0.5) is 4.79 Å². The second kappa shape index (κ2) is 9.52. The molecule has 0 fully saturated rings. The number of nitrogens with one attached hydrogen (secondary N) is 2. The molecule has 0 bridgehead atoms. The van der Waals surface area contributed by atoms with E-state index in [4.69, 9.17) is 9.47 Å². The highest BCUT2D eigenvalue weighted by atomic mass is 16.6. The molecular weight excluding hydrogens is 304 g/mol. The van der Waals surface area contributed by atoms with Gasteiger partial charge >= 0.3 is 6.09 Å². The van der Waals surface area contributed by atoms with Crippen molar-refractivity contribution in [2.45, 2.75) is 59.7 Å². The Labute approximate surface area is 146 Å². The van der Waals surface area contributed by atoms with E-state index in [1.54, 1.807) is 0 Å². The van der Waals surface area contributed by atoms with Crippen LogP contribution >= 0.6 is 0 Å². The molecule has 1 atom stereocenters. The molecule has 0 aliphatic rings. The fourth-order valence-electron chi connectivity index (χ4n) is 2.20. The zero-order chi connectivity index (χ0) is 18.2. The summed E-state index contributed by atoms with van der Waals surface area (Å²) in [7, 11) is 0. The van der Waals surface area contributed by atoms with Crippen molar-refractivity contribution in [1.29, 1.82) is 0 Å². The smallest absolute Gasteiger partial charge is 0.407 e. The second-order valence-corrected chi connectivity index (χ2v) is 7.21. The maximum Gasteiger partial charge on any atom is 0.407 e. The average molecular weight is 336 g/mol. The van der Waals surface area contributed by atoms with Crippen LogP contribution in [-0.2, 0) is 11.3 Å². The average Bonchev–Trinajstić information content (AvgIpc) is 2.45. The van der Waals surface area contributed by atoms with Gasteiger partial charge < -0.3 is 20.1 Å². The van der Waals surface area contributed by atoms with Crippen LogP contribution in [0.3, 0.4) is 0 Å². The summed E-state index contributed by atoms with van der Waals surface area (Å²) in [6.45, 7) is 13.8. The lowest BCUT2D eigenvalue weighted by Gasteiger charge is -2.26. The van der Waals surface area contributed by atoms with Crippen molar-refractivity contribution in [2.75, 3.05) is 13.2 Å². The van der Waals surface area contributed by atoms with Gasteiger partial charge in [-0.05, 0) is 51.3 Å². The van der Waals surface area contributed by atoms with Crippen molar-refractivity contribution < 1.29 is 14.3 Å². The zero-order valence-corrected chi connectivity index (χ0v) is 15.8. The Hall–Kier alpha value is -1.75. The van der Waals surface area contributed by atoms with E-state index < -0.39 is 5.60 Å². The van der Waals surface area contributed by atoms with Crippen molar-refractivity contribution in [2.24, 2.45) is 5.92 Å². The molecule has 1 aromatic carbocycles. The van der Waals surface area contributed by atoms with Crippen LogP contribution in [0.25, 0.3) is 0 Å². The molecule has 5 heteroatoms. The van der Waals surface area contributed by atoms with Crippen LogP contribution in [-0.4, -0.2) is 30.9 Å². The van der Waals surface area contributed by atoms with Crippen LogP contribution in [0.15, 0.2) is 24.3 Å². The van der Waals surface area contributed by atoms with Gasteiger partial charge in [-0.2, -0.15) is 0 Å². The number of rotatable bonds is 8. The highest BCUT2D eigenvalue weighted by molar-refractivity contribution is 5.68. The maximum atomic E-state index is 11.9. The zero-order valence-electron chi connectivity index (χ0n) is 15.8. The van der Waals surface area contributed by atoms with Crippen LogP contribution < -0.4 is 15.4 Å². The fraction of sp³-hybridized carbons (Fsp3) is 0.632. The number of alkyl carbamates (subject to hydrolysis) is 1. The van der Waals surface area contributed by atoms with Gasteiger partial charge in [0.1, 0.15) is 11.4 Å². The standard InChI is InChI=1S/C19H32N2O3/c1-7-23-16-10-8-9-15(11-16)12-20-13-17(14(2)3)21-18(22)24-19(4,5)6/h8-11,14,17,20H,7,12-13H2,1-6H3,(H,21,22). The Bertz CT molecular complexity index is 510. The Balaban J connectivity index is 2.49. The van der Waals surface area contributed by atoms with Crippen LogP contribution in [0.5, 0.6) is 5.75 Å². The number of hydrogen-bond acceptors (Lipinski definition) is 4. The Morgan fingerprint density at radius 1 is 1.25 bits per heavy atom. The van der Waals surface area contributed by atoms with Gasteiger partial charge in [0.15, 0.2) is 0 Å². The highest BCUT2D eigenvalue weighted by Gasteiger charge is 2.21. The van der Waals surface area contributed by atoms with Gasteiger partial charge in [-0.3, -0.25) is 0 Å². The third-order valence-corrected chi connectivity index (χ3v) is 3.41. The van der Waals surface area contributed by atoms with Gasteiger partial charge in [0.2, 0.25) is 0 Å². The molecule has 0 aromatic heterocycles. The first kappa shape index (κ1) is 20.3.